The fourth-order valence-electron chi connectivity index (χ4n) is 3.80. The molecule has 0 bridgehead atoms. The number of rotatable bonds is 7. The first-order valence-corrected chi connectivity index (χ1v) is 11.1. The van der Waals surface area contributed by atoms with Crippen LogP contribution in [0.3, 0.4) is 0 Å². The average molecular weight is 574 g/mol. The number of aromatic nitrogens is 2. The van der Waals surface area contributed by atoms with E-state index in [0.717, 1.165) is 22.8 Å². The lowest BCUT2D eigenvalue weighted by molar-refractivity contribution is -0.120. The van der Waals surface area contributed by atoms with Gasteiger partial charge in [0.15, 0.2) is 5.96 Å². The zero-order chi connectivity index (χ0) is 23.0. The van der Waals surface area contributed by atoms with E-state index in [1.54, 1.807) is 22.8 Å². The van der Waals surface area contributed by atoms with Gasteiger partial charge < -0.3 is 19.9 Å². The van der Waals surface area contributed by atoms with Gasteiger partial charge in [0, 0.05) is 39.9 Å². The Balaban J connectivity index is 0.00000324. The van der Waals surface area contributed by atoms with Crippen molar-refractivity contribution in [3.63, 3.8) is 0 Å². The molecule has 1 N–H and O–H groups in total. The van der Waals surface area contributed by atoms with Crippen molar-refractivity contribution in [2.45, 2.75) is 19.8 Å². The number of ether oxygens (including phenoxy) is 1. The summed E-state index contributed by atoms with van der Waals surface area (Å²) >= 11 is 0. The van der Waals surface area contributed by atoms with Gasteiger partial charge >= 0.3 is 0 Å². The number of nitrogens with one attached hydrogen (secondary N) is 1. The highest BCUT2D eigenvalue weighted by Gasteiger charge is 2.27. The second kappa shape index (κ2) is 12.5. The highest BCUT2D eigenvalue weighted by molar-refractivity contribution is 14.0. The summed E-state index contributed by atoms with van der Waals surface area (Å²) in [5.41, 5.74) is 4.28. The Kier molecular flexibility index (Phi) is 9.46. The number of hydrogen-bond donors (Lipinski definition) is 1. The zero-order valence-electron chi connectivity index (χ0n) is 19.6. The number of anilines is 1. The molecule has 0 radical (unpaired) electrons. The van der Waals surface area contributed by atoms with Gasteiger partial charge in [-0.15, -0.1) is 24.0 Å². The van der Waals surface area contributed by atoms with E-state index in [4.69, 9.17) is 4.74 Å². The van der Waals surface area contributed by atoms with Gasteiger partial charge in [-0.05, 0) is 16.7 Å². The molecular weight excluding hydrogens is 543 g/mol. The summed E-state index contributed by atoms with van der Waals surface area (Å²) in [6.45, 7) is 3.41. The van der Waals surface area contributed by atoms with Gasteiger partial charge in [0.2, 0.25) is 5.91 Å². The number of piperazine rings is 1. The Bertz CT molecular complexity index is 1080. The third kappa shape index (κ3) is 6.80. The molecule has 4 rings (SSSR count). The van der Waals surface area contributed by atoms with E-state index in [1.807, 2.05) is 36.3 Å². The van der Waals surface area contributed by atoms with Crippen molar-refractivity contribution in [2.75, 3.05) is 31.6 Å². The van der Waals surface area contributed by atoms with E-state index in [9.17, 15) is 4.79 Å². The van der Waals surface area contributed by atoms with Crippen LogP contribution in [0.15, 0.2) is 72.0 Å². The largest absolute Gasteiger partial charge is 0.372 e. The minimum absolute atomic E-state index is 0. The lowest BCUT2D eigenvalue weighted by atomic mass is 10.1. The molecule has 9 heteroatoms. The topological polar surface area (TPSA) is 75.0 Å². The lowest BCUT2D eigenvalue weighted by Crippen LogP contribution is -2.55. The number of nitrogens with zero attached hydrogens (tertiary/aromatic N) is 5. The lowest BCUT2D eigenvalue weighted by Gasteiger charge is -2.35. The Labute approximate surface area is 217 Å². The first kappa shape index (κ1) is 25.7. The summed E-state index contributed by atoms with van der Waals surface area (Å²) in [4.78, 5) is 20.8. The quantitative estimate of drug-likeness (QED) is 0.267. The highest BCUT2D eigenvalue weighted by atomic mass is 127. The third-order valence-corrected chi connectivity index (χ3v) is 5.59. The van der Waals surface area contributed by atoms with Gasteiger partial charge in [-0.1, -0.05) is 54.6 Å². The number of aryl methyl sites for hydroxylation is 1. The number of hydrogen-bond acceptors (Lipinski definition) is 4. The number of carbonyl (C=O) groups is 1. The molecule has 0 unspecified atom stereocenters. The van der Waals surface area contributed by atoms with Crippen LogP contribution >= 0.6 is 24.0 Å². The van der Waals surface area contributed by atoms with Crippen molar-refractivity contribution in [1.82, 2.24) is 20.0 Å². The molecule has 0 atom stereocenters. The second-order valence-corrected chi connectivity index (χ2v) is 8.03. The first-order valence-electron chi connectivity index (χ1n) is 11.1. The van der Waals surface area contributed by atoms with Crippen LogP contribution in [0, 0.1) is 0 Å². The highest BCUT2D eigenvalue weighted by Crippen LogP contribution is 2.16. The van der Waals surface area contributed by atoms with Crippen LogP contribution in [-0.4, -0.2) is 53.2 Å². The summed E-state index contributed by atoms with van der Waals surface area (Å²) in [6.07, 6.45) is 3.58. The zero-order valence-corrected chi connectivity index (χ0v) is 21.9. The summed E-state index contributed by atoms with van der Waals surface area (Å²) in [5, 5.41) is 7.54. The molecule has 1 amide bonds. The van der Waals surface area contributed by atoms with Crippen LogP contribution in [0.25, 0.3) is 0 Å². The van der Waals surface area contributed by atoms with Gasteiger partial charge in [0.05, 0.1) is 25.1 Å². The normalized spacial score (nSPS) is 14.2. The average Bonchev–Trinajstić information content (AvgIpc) is 3.27. The van der Waals surface area contributed by atoms with E-state index < -0.39 is 0 Å². The Morgan fingerprint density at radius 1 is 1.03 bits per heavy atom. The minimum atomic E-state index is 0. The molecule has 0 aliphatic carbocycles. The first-order chi connectivity index (χ1) is 16.1. The maximum atomic E-state index is 12.7. The fraction of sp³-hybridized carbons (Fsp3) is 0.320. The van der Waals surface area contributed by atoms with E-state index in [-0.39, 0.29) is 36.4 Å². The monoisotopic (exact) mass is 574 g/mol. The molecule has 1 aromatic heterocycles. The molecule has 0 saturated carbocycles. The maximum Gasteiger partial charge on any atom is 0.246 e. The summed E-state index contributed by atoms with van der Waals surface area (Å²) < 4.78 is 7.51. The molecule has 1 aliphatic rings. The second-order valence-electron chi connectivity index (χ2n) is 8.03. The van der Waals surface area contributed by atoms with Gasteiger partial charge in [-0.2, -0.15) is 5.10 Å². The van der Waals surface area contributed by atoms with E-state index in [0.29, 0.717) is 32.8 Å². The predicted octanol–water partition coefficient (Wildman–Crippen LogP) is 3.18. The van der Waals surface area contributed by atoms with Crippen molar-refractivity contribution in [2.24, 2.45) is 12.0 Å². The number of benzene rings is 2. The molecule has 180 valence electrons. The third-order valence-electron chi connectivity index (χ3n) is 5.59. The Morgan fingerprint density at radius 3 is 2.32 bits per heavy atom. The van der Waals surface area contributed by atoms with Crippen molar-refractivity contribution < 1.29 is 9.53 Å². The SMILES string of the molecule is CN=C(NCc1ccc(COCc2ccccc2)cc1)N1CCN(c2cnn(C)c2)C(=O)C1.I. The molecule has 8 nitrogen and oxygen atoms in total. The van der Waals surface area contributed by atoms with Crippen LogP contribution in [0.1, 0.15) is 16.7 Å². The van der Waals surface area contributed by atoms with Crippen molar-refractivity contribution in [3.05, 3.63) is 83.7 Å². The molecule has 2 heterocycles. The van der Waals surface area contributed by atoms with Crippen LogP contribution in [-0.2, 0) is 36.3 Å². The standard InChI is InChI=1S/C25H30N6O2.HI/c1-26-25(30-12-13-31(24(32)17-30)23-15-28-29(2)16-23)27-14-20-8-10-22(11-9-20)19-33-18-21-6-4-3-5-7-21;/h3-11,15-16H,12-14,17-19H2,1-2H3,(H,26,27);1H. The molecule has 1 fully saturated rings. The molecule has 0 spiro atoms. The molecule has 1 aliphatic heterocycles. The van der Waals surface area contributed by atoms with Crippen LogP contribution < -0.4 is 10.2 Å². The van der Waals surface area contributed by atoms with Crippen molar-refractivity contribution in [3.8, 4) is 0 Å². The molecular formula is C25H31IN6O2. The van der Waals surface area contributed by atoms with Gasteiger partial charge in [-0.25, -0.2) is 0 Å². The van der Waals surface area contributed by atoms with E-state index >= 15 is 0 Å². The molecule has 34 heavy (non-hydrogen) atoms. The molecule has 3 aromatic rings. The van der Waals surface area contributed by atoms with E-state index in [2.05, 4.69) is 51.8 Å². The van der Waals surface area contributed by atoms with Gasteiger partial charge in [-0.3, -0.25) is 14.5 Å². The van der Waals surface area contributed by atoms with E-state index in [1.165, 1.54) is 5.56 Å². The fourth-order valence-corrected chi connectivity index (χ4v) is 3.80. The number of guanidine groups is 1. The molecule has 1 saturated heterocycles. The van der Waals surface area contributed by atoms with Crippen molar-refractivity contribution >= 4 is 41.5 Å². The van der Waals surface area contributed by atoms with Crippen molar-refractivity contribution in [1.29, 1.82) is 0 Å². The Morgan fingerprint density at radius 2 is 1.71 bits per heavy atom. The minimum Gasteiger partial charge on any atom is -0.372 e. The van der Waals surface area contributed by atoms with Gasteiger partial charge in [0.1, 0.15) is 6.54 Å². The van der Waals surface area contributed by atoms with Gasteiger partial charge in [0.25, 0.3) is 0 Å². The summed E-state index contributed by atoms with van der Waals surface area (Å²) in [7, 11) is 3.59. The maximum absolute atomic E-state index is 12.7. The van der Waals surface area contributed by atoms with Crippen LogP contribution in [0.2, 0.25) is 0 Å². The summed E-state index contributed by atoms with van der Waals surface area (Å²) in [6, 6.07) is 18.5. The number of carbonyl (C=O) groups excluding carboxylic acids is 1. The summed E-state index contributed by atoms with van der Waals surface area (Å²) in [5.74, 6) is 0.765. The van der Waals surface area contributed by atoms with Crippen LogP contribution in [0.5, 0.6) is 0 Å². The number of aliphatic imine (C=N–C) groups is 1. The molecule has 2 aromatic carbocycles. The Hall–Kier alpha value is -2.92. The number of halogens is 1. The number of amides is 1. The van der Waals surface area contributed by atoms with Crippen LogP contribution in [0.4, 0.5) is 5.69 Å². The smallest absolute Gasteiger partial charge is 0.246 e. The predicted molar refractivity (Wildman–Crippen MR) is 144 cm³/mol.